The number of hydrogen-bond donors (Lipinski definition) is 4. The van der Waals surface area contributed by atoms with E-state index in [-0.39, 0.29) is 49.9 Å². The molecular weight excluding hydrogens is 1090 g/mol. The van der Waals surface area contributed by atoms with Crippen LogP contribution < -0.4 is 16.0 Å². The number of carbonyl (C=O) groups is 12. The number of amides is 10. The molecule has 23 nitrogen and oxygen atoms in total. The van der Waals surface area contributed by atoms with Gasteiger partial charge in [-0.15, -0.1) is 0 Å². The molecule has 0 radical (unpaired) electrons. The van der Waals surface area contributed by atoms with Gasteiger partial charge in [0, 0.05) is 80.6 Å². The Morgan fingerprint density at radius 1 is 0.600 bits per heavy atom. The number of nitrogens with one attached hydrogen (secondary N) is 3. The third-order valence-electron chi connectivity index (χ3n) is 16.4. The molecule has 10 amide bonds. The summed E-state index contributed by atoms with van der Waals surface area (Å²) in [6.45, 7) is 26.5. The largest absolute Gasteiger partial charge is 0.390 e. The van der Waals surface area contributed by atoms with E-state index in [1.807, 2.05) is 47.6 Å². The predicted molar refractivity (Wildman–Crippen MR) is 325 cm³/mol. The van der Waals surface area contributed by atoms with Gasteiger partial charge < -0.3 is 55.4 Å². The minimum Gasteiger partial charge on any atom is -0.390 e. The van der Waals surface area contributed by atoms with Gasteiger partial charge in [-0.2, -0.15) is 0 Å². The molecule has 85 heavy (non-hydrogen) atoms. The van der Waals surface area contributed by atoms with Crippen LogP contribution in [0, 0.1) is 41.4 Å². The van der Waals surface area contributed by atoms with Gasteiger partial charge in [-0.05, 0) is 95.5 Å². The van der Waals surface area contributed by atoms with E-state index in [1.165, 1.54) is 84.8 Å². The average Bonchev–Trinajstić information content (AvgIpc) is 2.97. The van der Waals surface area contributed by atoms with Crippen molar-refractivity contribution in [2.24, 2.45) is 41.4 Å². The molecule has 23 heteroatoms. The normalized spacial score (nSPS) is 26.8. The van der Waals surface area contributed by atoms with Crippen molar-refractivity contribution in [2.45, 2.75) is 196 Å². The van der Waals surface area contributed by atoms with Crippen molar-refractivity contribution in [3.63, 3.8) is 0 Å². The number of Topliss-reactive ketones (excluding diaryl/α,β-unsaturated/α-hetero) is 2. The summed E-state index contributed by atoms with van der Waals surface area (Å²) < 4.78 is 0. The summed E-state index contributed by atoms with van der Waals surface area (Å²) in [5, 5.41) is 19.9. The fourth-order valence-electron chi connectivity index (χ4n) is 10.6. The van der Waals surface area contributed by atoms with Gasteiger partial charge in [0.05, 0.1) is 18.7 Å². The van der Waals surface area contributed by atoms with Crippen molar-refractivity contribution in [2.75, 3.05) is 62.4 Å². The number of hydrogen-bond acceptors (Lipinski definition) is 13. The molecule has 0 unspecified atom stereocenters. The Morgan fingerprint density at radius 2 is 1.09 bits per heavy atom. The average molecular weight is 1200 g/mol. The number of ketones is 2. The van der Waals surface area contributed by atoms with Crippen LogP contribution in [0.25, 0.3) is 0 Å². The fourth-order valence-corrected chi connectivity index (χ4v) is 10.6. The van der Waals surface area contributed by atoms with Crippen molar-refractivity contribution in [3.8, 4) is 0 Å². The van der Waals surface area contributed by atoms with Crippen LogP contribution in [0.3, 0.4) is 0 Å². The molecule has 0 aromatic heterocycles. The van der Waals surface area contributed by atoms with Gasteiger partial charge in [0.1, 0.15) is 42.3 Å². The Morgan fingerprint density at radius 3 is 1.58 bits per heavy atom. The van der Waals surface area contributed by atoms with Gasteiger partial charge in [0.2, 0.25) is 59.1 Å². The number of allylic oxidation sites excluding steroid dienone is 2. The Balaban J connectivity index is 4.28. The highest BCUT2D eigenvalue weighted by atomic mass is 16.3. The third-order valence-corrected chi connectivity index (χ3v) is 16.4. The monoisotopic (exact) mass is 1200 g/mol. The molecule has 4 N–H and O–H groups in total. The highest BCUT2D eigenvalue weighted by Crippen LogP contribution is 2.27. The van der Waals surface area contributed by atoms with E-state index in [2.05, 4.69) is 22.5 Å². The number of rotatable bonds is 15. The summed E-state index contributed by atoms with van der Waals surface area (Å²) in [4.78, 5) is 180. The number of carbonyl (C=O) groups excluding carboxylic acids is 12. The van der Waals surface area contributed by atoms with Crippen LogP contribution >= 0.6 is 0 Å². The zero-order valence-corrected chi connectivity index (χ0v) is 55.0. The second-order valence-corrected chi connectivity index (χ2v) is 25.0. The second-order valence-electron chi connectivity index (χ2n) is 25.0. The molecule has 1 fully saturated rings. The molecule has 0 aliphatic carbocycles. The summed E-state index contributed by atoms with van der Waals surface area (Å²) in [6.07, 6.45) is 3.20. The molecule has 0 aromatic rings. The predicted octanol–water partition coefficient (Wildman–Crippen LogP) is 3.07. The second kappa shape index (κ2) is 35.2. The molecule has 0 bridgehead atoms. The first-order valence-electron chi connectivity index (χ1n) is 30.0. The molecule has 0 saturated carbocycles. The number of likely N-dealkylation sites (N-methyl/N-ethyl adjacent to an activating group) is 7. The zero-order valence-electron chi connectivity index (χ0n) is 55.0. The van der Waals surface area contributed by atoms with Gasteiger partial charge in [-0.25, -0.2) is 0 Å². The van der Waals surface area contributed by atoms with Gasteiger partial charge in [-0.3, -0.25) is 57.5 Å². The van der Waals surface area contributed by atoms with Crippen molar-refractivity contribution in [1.82, 2.24) is 50.2 Å². The molecule has 1 aliphatic rings. The van der Waals surface area contributed by atoms with Crippen LogP contribution in [-0.2, 0) is 57.5 Å². The Bertz CT molecular complexity index is 2390. The summed E-state index contributed by atoms with van der Waals surface area (Å²) >= 11 is 0. The van der Waals surface area contributed by atoms with E-state index in [0.29, 0.717) is 6.42 Å². The van der Waals surface area contributed by atoms with Crippen LogP contribution in [-0.4, -0.2) is 227 Å². The highest BCUT2D eigenvalue weighted by Gasteiger charge is 2.45. The van der Waals surface area contributed by atoms with E-state index < -0.39 is 168 Å². The maximum Gasteiger partial charge on any atom is 0.247 e. The first kappa shape index (κ1) is 76.5. The topological polar surface area (TPSA) is 284 Å². The number of nitrogens with zero attached hydrogens (tertiary/aromatic N) is 7. The summed E-state index contributed by atoms with van der Waals surface area (Å²) in [5.41, 5.74) is 0. The van der Waals surface area contributed by atoms with Gasteiger partial charge in [0.25, 0.3) is 0 Å². The number of aliphatic hydroxyl groups is 1. The van der Waals surface area contributed by atoms with Crippen molar-refractivity contribution < 1.29 is 62.6 Å². The SMILES string of the molecule is C=CC(=O)NC[C@@H]1NC(=O)[C@H](C)N(C)C(=O)CN(C)C(=O)[C@H](CC)CC(=O)[C@H]([C@H](O)[C@H](C)C/C=C/C)N(C)C(=O)[C@H](C(C)C)N(C)C(=O)[C@H](CC(C)C)N(C)C(=O)[C@H](CC(C)C)N(C)C(=O)[C@@H](C)NC(=O)[C@H](CC(C)C)CC(=O)[C@@H](C)N(C)C1=O. The zero-order chi connectivity index (χ0) is 65.8. The van der Waals surface area contributed by atoms with Crippen molar-refractivity contribution in [3.05, 3.63) is 24.8 Å². The lowest BCUT2D eigenvalue weighted by molar-refractivity contribution is -0.157. The minimum atomic E-state index is -1.52. The van der Waals surface area contributed by atoms with Crippen LogP contribution in [0.4, 0.5) is 0 Å². The Kier molecular flexibility index (Phi) is 31.7. The van der Waals surface area contributed by atoms with Gasteiger partial charge in [0.15, 0.2) is 11.6 Å². The van der Waals surface area contributed by atoms with E-state index in [0.717, 1.165) is 25.7 Å². The van der Waals surface area contributed by atoms with E-state index in [9.17, 15) is 53.1 Å². The minimum absolute atomic E-state index is 0.104. The van der Waals surface area contributed by atoms with Crippen LogP contribution in [0.5, 0.6) is 0 Å². The molecule has 1 rings (SSSR count). The van der Waals surface area contributed by atoms with Crippen molar-refractivity contribution in [1.29, 1.82) is 0 Å². The van der Waals surface area contributed by atoms with Crippen LogP contribution in [0.15, 0.2) is 24.8 Å². The standard InChI is InChI=1S/C62H106N10O13/c1-23-26-27-39(12)54(77)53-49(74)31-43(24-2)58(81)66(16)34-51(76)67(17)42(15)55(78)65-45(33-63-50(75)25-3)59(82)68(18)41(14)48(73)32-44(28-35(4)5)56(79)64-40(13)57(80)69(19)46(29-36(6)7)60(83)70(20)47(30-37(8)9)61(84)71(21)52(38(10)11)62(85)72(53)22/h23,25-26,35-47,52-54,77H,3,24,27-34H2,1-2,4-22H3,(H,63,75)(H,64,79)(H,65,78)/b26-23+/t39-,40-,41-,42+,43-,44-,45+,46+,47+,52+,53-,54-/m1/s1. The van der Waals surface area contributed by atoms with E-state index >= 15 is 9.59 Å². The molecule has 12 atom stereocenters. The Labute approximate surface area is 506 Å². The smallest absolute Gasteiger partial charge is 0.247 e. The molecule has 1 saturated heterocycles. The van der Waals surface area contributed by atoms with E-state index in [4.69, 9.17) is 0 Å². The maximum atomic E-state index is 15.1. The molecular formula is C62H106N10O13. The lowest BCUT2D eigenvalue weighted by Crippen LogP contribution is -2.61. The molecule has 0 aromatic carbocycles. The number of aliphatic hydroxyl groups excluding tert-OH is 1. The Hall–Kier alpha value is -6.52. The summed E-state index contributed by atoms with van der Waals surface area (Å²) in [5.74, 6) is -11.6. The van der Waals surface area contributed by atoms with Crippen LogP contribution in [0.2, 0.25) is 0 Å². The molecule has 0 spiro atoms. The van der Waals surface area contributed by atoms with Crippen molar-refractivity contribution >= 4 is 70.6 Å². The first-order chi connectivity index (χ1) is 39.3. The summed E-state index contributed by atoms with van der Waals surface area (Å²) in [6, 6.07) is -10.2. The third kappa shape index (κ3) is 21.7. The maximum absolute atomic E-state index is 15.1. The first-order valence-corrected chi connectivity index (χ1v) is 30.0. The summed E-state index contributed by atoms with van der Waals surface area (Å²) in [7, 11) is 9.71. The lowest BCUT2D eigenvalue weighted by Gasteiger charge is -2.41. The highest BCUT2D eigenvalue weighted by molar-refractivity contribution is 6.00. The quantitative estimate of drug-likeness (QED) is 0.136. The lowest BCUT2D eigenvalue weighted by atomic mass is 9.86. The molecule has 1 heterocycles. The van der Waals surface area contributed by atoms with Crippen LogP contribution in [0.1, 0.15) is 142 Å². The molecule has 1 aliphatic heterocycles. The van der Waals surface area contributed by atoms with Gasteiger partial charge in [-0.1, -0.05) is 88.0 Å². The van der Waals surface area contributed by atoms with E-state index in [1.54, 1.807) is 40.7 Å². The fraction of sp³-hybridized carbons (Fsp3) is 0.742. The molecule has 482 valence electrons. The van der Waals surface area contributed by atoms with Gasteiger partial charge >= 0.3 is 0 Å².